The Morgan fingerprint density at radius 2 is 1.88 bits per heavy atom. The number of carbonyl (C=O) groups is 1. The van der Waals surface area contributed by atoms with Gasteiger partial charge < -0.3 is 5.32 Å². The number of amides is 1. The molecule has 1 N–H and O–H groups in total. The summed E-state index contributed by atoms with van der Waals surface area (Å²) in [5.74, 6) is 0.500. The lowest BCUT2D eigenvalue weighted by Gasteiger charge is -2.08. The molecule has 1 amide bonds. The largest absolute Gasteiger partial charge is 0.326 e. The van der Waals surface area contributed by atoms with Crippen molar-refractivity contribution in [3.63, 3.8) is 0 Å². The van der Waals surface area contributed by atoms with Crippen molar-refractivity contribution < 1.29 is 4.79 Å². The van der Waals surface area contributed by atoms with Gasteiger partial charge >= 0.3 is 0 Å². The molecule has 0 unspecified atom stereocenters. The van der Waals surface area contributed by atoms with Crippen molar-refractivity contribution in [3.05, 3.63) is 29.8 Å². The van der Waals surface area contributed by atoms with E-state index in [4.69, 9.17) is 0 Å². The van der Waals surface area contributed by atoms with E-state index in [-0.39, 0.29) is 5.91 Å². The Morgan fingerprint density at radius 1 is 1.24 bits per heavy atom. The average Bonchev–Trinajstić information content (AvgIpc) is 2.27. The molecule has 2 nitrogen and oxygen atoms in total. The average molecular weight is 233 g/mol. The lowest BCUT2D eigenvalue weighted by atomic mass is 10.1. The summed E-state index contributed by atoms with van der Waals surface area (Å²) in [7, 11) is 0. The zero-order valence-corrected chi connectivity index (χ0v) is 11.1. The quantitative estimate of drug-likeness (QED) is 0.790. The van der Waals surface area contributed by atoms with Crippen LogP contribution in [0, 0.1) is 5.92 Å². The molecule has 0 heterocycles. The number of rotatable bonds is 6. The smallest absolute Gasteiger partial charge is 0.224 e. The molecule has 0 aliphatic heterocycles. The minimum atomic E-state index is 0.0984. The fraction of sp³-hybridized carbons (Fsp3) is 0.533. The van der Waals surface area contributed by atoms with E-state index in [1.807, 2.05) is 26.0 Å². The van der Waals surface area contributed by atoms with Crippen molar-refractivity contribution in [1.29, 1.82) is 0 Å². The number of aryl methyl sites for hydroxylation is 1. The summed E-state index contributed by atoms with van der Waals surface area (Å²) in [5, 5.41) is 2.92. The third-order valence-corrected chi connectivity index (χ3v) is 2.65. The van der Waals surface area contributed by atoms with Crippen molar-refractivity contribution in [3.8, 4) is 0 Å². The van der Waals surface area contributed by atoms with Crippen LogP contribution in [0.4, 0.5) is 5.69 Å². The molecule has 0 aliphatic carbocycles. The van der Waals surface area contributed by atoms with E-state index < -0.39 is 0 Å². The second-order valence-corrected chi connectivity index (χ2v) is 4.95. The summed E-state index contributed by atoms with van der Waals surface area (Å²) in [4.78, 5) is 11.6. The van der Waals surface area contributed by atoms with Crippen LogP contribution < -0.4 is 5.32 Å². The third kappa shape index (κ3) is 5.53. The molecule has 0 saturated carbocycles. The van der Waals surface area contributed by atoms with E-state index in [0.717, 1.165) is 12.1 Å². The van der Waals surface area contributed by atoms with Crippen molar-refractivity contribution >= 4 is 11.6 Å². The maximum absolute atomic E-state index is 11.6. The molecule has 1 rings (SSSR count). The summed E-state index contributed by atoms with van der Waals surface area (Å²) in [5.41, 5.74) is 2.24. The van der Waals surface area contributed by atoms with E-state index in [0.29, 0.717) is 12.3 Å². The Balaban J connectivity index is 2.47. The predicted molar refractivity (Wildman–Crippen MR) is 73.1 cm³/mol. The molecular weight excluding hydrogens is 210 g/mol. The van der Waals surface area contributed by atoms with Crippen LogP contribution in [0.1, 0.15) is 45.6 Å². The van der Waals surface area contributed by atoms with E-state index in [1.54, 1.807) is 0 Å². The van der Waals surface area contributed by atoms with E-state index in [2.05, 4.69) is 24.4 Å². The SMILES string of the molecule is CCCCc1ccc(NC(=O)CC(C)C)cc1. The highest BCUT2D eigenvalue weighted by atomic mass is 16.1. The Morgan fingerprint density at radius 3 is 2.41 bits per heavy atom. The number of benzene rings is 1. The molecule has 0 aliphatic rings. The molecule has 0 bridgehead atoms. The molecule has 0 fully saturated rings. The van der Waals surface area contributed by atoms with Crippen LogP contribution in [0.2, 0.25) is 0 Å². The highest BCUT2D eigenvalue weighted by molar-refractivity contribution is 5.90. The van der Waals surface area contributed by atoms with E-state index >= 15 is 0 Å². The van der Waals surface area contributed by atoms with Crippen LogP contribution in [0.3, 0.4) is 0 Å². The lowest BCUT2D eigenvalue weighted by molar-refractivity contribution is -0.116. The second-order valence-electron chi connectivity index (χ2n) is 4.95. The molecule has 0 spiro atoms. The summed E-state index contributed by atoms with van der Waals surface area (Å²) in [6, 6.07) is 8.17. The van der Waals surface area contributed by atoms with E-state index in [1.165, 1.54) is 18.4 Å². The first kappa shape index (κ1) is 13.8. The van der Waals surface area contributed by atoms with Gasteiger partial charge in [-0.05, 0) is 36.5 Å². The maximum atomic E-state index is 11.6. The Labute approximate surface area is 104 Å². The zero-order valence-electron chi connectivity index (χ0n) is 11.1. The normalized spacial score (nSPS) is 10.6. The fourth-order valence-electron chi connectivity index (χ4n) is 1.72. The summed E-state index contributed by atoms with van der Waals surface area (Å²) < 4.78 is 0. The Kier molecular flexibility index (Phi) is 5.75. The van der Waals surface area contributed by atoms with Gasteiger partial charge in [0.05, 0.1) is 0 Å². The minimum Gasteiger partial charge on any atom is -0.326 e. The number of hydrogen-bond donors (Lipinski definition) is 1. The van der Waals surface area contributed by atoms with Crippen molar-refractivity contribution in [1.82, 2.24) is 0 Å². The van der Waals surface area contributed by atoms with Gasteiger partial charge in [0.15, 0.2) is 0 Å². The Hall–Kier alpha value is -1.31. The zero-order chi connectivity index (χ0) is 12.7. The van der Waals surface area contributed by atoms with Gasteiger partial charge in [-0.2, -0.15) is 0 Å². The van der Waals surface area contributed by atoms with Gasteiger partial charge in [0.25, 0.3) is 0 Å². The maximum Gasteiger partial charge on any atom is 0.224 e. The van der Waals surface area contributed by atoms with Crippen molar-refractivity contribution in [2.45, 2.75) is 46.5 Å². The van der Waals surface area contributed by atoms with Gasteiger partial charge in [0.2, 0.25) is 5.91 Å². The highest BCUT2D eigenvalue weighted by Gasteiger charge is 2.04. The molecule has 94 valence electrons. The summed E-state index contributed by atoms with van der Waals surface area (Å²) in [6.45, 7) is 6.29. The van der Waals surface area contributed by atoms with Gasteiger partial charge in [-0.3, -0.25) is 4.79 Å². The first-order valence-corrected chi connectivity index (χ1v) is 6.50. The molecule has 1 aromatic carbocycles. The van der Waals surface area contributed by atoms with Gasteiger partial charge in [0, 0.05) is 12.1 Å². The number of unbranched alkanes of at least 4 members (excludes halogenated alkanes) is 1. The highest BCUT2D eigenvalue weighted by Crippen LogP contribution is 2.12. The third-order valence-electron chi connectivity index (χ3n) is 2.65. The molecule has 1 aromatic rings. The molecule has 0 radical (unpaired) electrons. The first-order chi connectivity index (χ1) is 8.11. The number of anilines is 1. The van der Waals surface area contributed by atoms with Crippen molar-refractivity contribution in [2.24, 2.45) is 5.92 Å². The molecule has 0 saturated heterocycles. The standard InChI is InChI=1S/C15H23NO/c1-4-5-6-13-7-9-14(10-8-13)16-15(17)11-12(2)3/h7-10,12H,4-6,11H2,1-3H3,(H,16,17). The topological polar surface area (TPSA) is 29.1 Å². The second kappa shape index (κ2) is 7.10. The monoisotopic (exact) mass is 233 g/mol. The number of nitrogens with one attached hydrogen (secondary N) is 1. The van der Waals surface area contributed by atoms with Gasteiger partial charge in [0.1, 0.15) is 0 Å². The lowest BCUT2D eigenvalue weighted by Crippen LogP contribution is -2.13. The molecule has 0 atom stereocenters. The van der Waals surface area contributed by atoms with Crippen LogP contribution in [-0.2, 0) is 11.2 Å². The van der Waals surface area contributed by atoms with Crippen LogP contribution in [0.5, 0.6) is 0 Å². The van der Waals surface area contributed by atoms with Crippen LogP contribution in [0.15, 0.2) is 24.3 Å². The van der Waals surface area contributed by atoms with Crippen LogP contribution in [-0.4, -0.2) is 5.91 Å². The van der Waals surface area contributed by atoms with Crippen LogP contribution in [0.25, 0.3) is 0 Å². The Bertz CT molecular complexity index is 340. The van der Waals surface area contributed by atoms with Gasteiger partial charge in [-0.25, -0.2) is 0 Å². The summed E-state index contributed by atoms with van der Waals surface area (Å²) in [6.07, 6.45) is 4.14. The predicted octanol–water partition coefficient (Wildman–Crippen LogP) is 4.01. The molecular formula is C15H23NO. The van der Waals surface area contributed by atoms with Crippen LogP contribution >= 0.6 is 0 Å². The minimum absolute atomic E-state index is 0.0984. The number of carbonyl (C=O) groups excluding carboxylic acids is 1. The number of hydrogen-bond acceptors (Lipinski definition) is 1. The van der Waals surface area contributed by atoms with Crippen molar-refractivity contribution in [2.75, 3.05) is 5.32 Å². The fourth-order valence-corrected chi connectivity index (χ4v) is 1.72. The summed E-state index contributed by atoms with van der Waals surface area (Å²) >= 11 is 0. The molecule has 0 aromatic heterocycles. The molecule has 2 heteroatoms. The first-order valence-electron chi connectivity index (χ1n) is 6.50. The van der Waals surface area contributed by atoms with Gasteiger partial charge in [-0.15, -0.1) is 0 Å². The van der Waals surface area contributed by atoms with E-state index in [9.17, 15) is 4.79 Å². The van der Waals surface area contributed by atoms with Gasteiger partial charge in [-0.1, -0.05) is 39.3 Å². The molecule has 17 heavy (non-hydrogen) atoms.